The van der Waals surface area contributed by atoms with Crippen LogP contribution in [-0.2, 0) is 4.79 Å². The summed E-state index contributed by atoms with van der Waals surface area (Å²) >= 11 is 0. The number of carboxylic acid groups (broad SMARTS) is 1. The van der Waals surface area contributed by atoms with Crippen molar-refractivity contribution in [2.24, 2.45) is 5.41 Å². The van der Waals surface area contributed by atoms with Gasteiger partial charge in [0.25, 0.3) is 5.91 Å². The lowest BCUT2D eigenvalue weighted by atomic mass is 9.87. The van der Waals surface area contributed by atoms with Gasteiger partial charge in [0, 0.05) is 12.1 Å². The Morgan fingerprint density at radius 3 is 2.37 bits per heavy atom. The molecule has 1 aromatic carbocycles. The molecule has 0 radical (unpaired) electrons. The van der Waals surface area contributed by atoms with Crippen LogP contribution in [0.3, 0.4) is 0 Å². The Labute approximate surface area is 110 Å². The smallest absolute Gasteiger partial charge is 0.311 e. The minimum Gasteiger partial charge on any atom is -0.504 e. The summed E-state index contributed by atoms with van der Waals surface area (Å²) in [6, 6.07) is 3.66. The van der Waals surface area contributed by atoms with Crippen molar-refractivity contribution in [3.8, 4) is 11.5 Å². The predicted molar refractivity (Wildman–Crippen MR) is 68.1 cm³/mol. The quantitative estimate of drug-likeness (QED) is 0.602. The van der Waals surface area contributed by atoms with Gasteiger partial charge in [-0.05, 0) is 31.5 Å². The van der Waals surface area contributed by atoms with Crippen LogP contribution in [0.25, 0.3) is 0 Å². The van der Waals surface area contributed by atoms with Crippen molar-refractivity contribution >= 4 is 11.9 Å². The van der Waals surface area contributed by atoms with Crippen LogP contribution in [-0.4, -0.2) is 33.7 Å². The third-order valence-electron chi connectivity index (χ3n) is 3.17. The number of aromatic hydroxyl groups is 2. The SMILES string of the molecule is CCC(C)(CNC(=O)c1ccc(O)c(O)c1)C(=O)O. The Balaban J connectivity index is 2.75. The second kappa shape index (κ2) is 5.60. The van der Waals surface area contributed by atoms with Crippen molar-refractivity contribution in [2.45, 2.75) is 20.3 Å². The van der Waals surface area contributed by atoms with Gasteiger partial charge in [0.05, 0.1) is 5.41 Å². The third-order valence-corrected chi connectivity index (χ3v) is 3.17. The van der Waals surface area contributed by atoms with Crippen molar-refractivity contribution in [3.05, 3.63) is 23.8 Å². The van der Waals surface area contributed by atoms with Gasteiger partial charge in [-0.15, -0.1) is 0 Å². The van der Waals surface area contributed by atoms with Crippen LogP contribution in [0, 0.1) is 5.41 Å². The monoisotopic (exact) mass is 267 g/mol. The second-order valence-corrected chi connectivity index (χ2v) is 4.61. The van der Waals surface area contributed by atoms with Gasteiger partial charge >= 0.3 is 5.97 Å². The van der Waals surface area contributed by atoms with Crippen molar-refractivity contribution in [3.63, 3.8) is 0 Å². The van der Waals surface area contributed by atoms with Gasteiger partial charge in [-0.1, -0.05) is 6.92 Å². The highest BCUT2D eigenvalue weighted by Gasteiger charge is 2.31. The van der Waals surface area contributed by atoms with Crippen molar-refractivity contribution < 1.29 is 24.9 Å². The van der Waals surface area contributed by atoms with E-state index in [-0.39, 0.29) is 17.9 Å². The largest absolute Gasteiger partial charge is 0.504 e. The van der Waals surface area contributed by atoms with E-state index in [9.17, 15) is 14.7 Å². The van der Waals surface area contributed by atoms with Crippen LogP contribution in [0.5, 0.6) is 11.5 Å². The van der Waals surface area contributed by atoms with Crippen LogP contribution in [0.15, 0.2) is 18.2 Å². The van der Waals surface area contributed by atoms with Crippen LogP contribution in [0.2, 0.25) is 0 Å². The highest BCUT2D eigenvalue weighted by Crippen LogP contribution is 2.25. The molecule has 19 heavy (non-hydrogen) atoms. The summed E-state index contributed by atoms with van der Waals surface area (Å²) in [6.07, 6.45) is 0.378. The lowest BCUT2D eigenvalue weighted by molar-refractivity contribution is -0.147. The van der Waals surface area contributed by atoms with Crippen molar-refractivity contribution in [1.82, 2.24) is 5.32 Å². The van der Waals surface area contributed by atoms with Gasteiger partial charge in [0.2, 0.25) is 0 Å². The molecule has 104 valence electrons. The molecule has 0 aliphatic carbocycles. The summed E-state index contributed by atoms with van der Waals surface area (Å²) in [7, 11) is 0. The summed E-state index contributed by atoms with van der Waals surface area (Å²) in [5.41, 5.74) is -0.881. The van der Waals surface area contributed by atoms with E-state index >= 15 is 0 Å². The number of aliphatic carboxylic acids is 1. The molecule has 1 unspecified atom stereocenters. The number of nitrogens with one attached hydrogen (secondary N) is 1. The number of phenolic OH excluding ortho intramolecular Hbond substituents is 2. The summed E-state index contributed by atoms with van der Waals surface area (Å²) in [6.45, 7) is 3.26. The van der Waals surface area contributed by atoms with E-state index < -0.39 is 23.0 Å². The summed E-state index contributed by atoms with van der Waals surface area (Å²) in [4.78, 5) is 22.9. The Hall–Kier alpha value is -2.24. The van der Waals surface area contributed by atoms with Gasteiger partial charge in [-0.2, -0.15) is 0 Å². The number of carboxylic acids is 1. The standard InChI is InChI=1S/C13H17NO5/c1-3-13(2,12(18)19)7-14-11(17)8-4-5-9(15)10(16)6-8/h4-6,15-16H,3,7H2,1-2H3,(H,14,17)(H,18,19). The van der Waals surface area contributed by atoms with E-state index in [1.54, 1.807) is 13.8 Å². The lowest BCUT2D eigenvalue weighted by Crippen LogP contribution is -2.40. The van der Waals surface area contributed by atoms with Crippen LogP contribution in [0.1, 0.15) is 30.6 Å². The topological polar surface area (TPSA) is 107 Å². The molecule has 0 aromatic heterocycles. The van der Waals surface area contributed by atoms with Crippen molar-refractivity contribution in [2.75, 3.05) is 6.54 Å². The maximum atomic E-state index is 11.8. The Bertz CT molecular complexity index is 500. The number of amides is 1. The molecule has 4 N–H and O–H groups in total. The average Bonchev–Trinajstić information content (AvgIpc) is 2.38. The molecular formula is C13H17NO5. The number of carbonyl (C=O) groups excluding carboxylic acids is 1. The van der Waals surface area contributed by atoms with E-state index in [0.717, 1.165) is 6.07 Å². The van der Waals surface area contributed by atoms with Gasteiger partial charge in [0.1, 0.15) is 0 Å². The van der Waals surface area contributed by atoms with Gasteiger partial charge < -0.3 is 20.6 Å². The summed E-state index contributed by atoms with van der Waals surface area (Å²) in [5, 5.41) is 30.0. The first-order valence-corrected chi connectivity index (χ1v) is 5.83. The zero-order valence-electron chi connectivity index (χ0n) is 10.8. The van der Waals surface area contributed by atoms with E-state index in [1.807, 2.05) is 0 Å². The molecule has 0 aliphatic rings. The van der Waals surface area contributed by atoms with Gasteiger partial charge in [-0.25, -0.2) is 0 Å². The molecule has 1 amide bonds. The van der Waals surface area contributed by atoms with Crippen LogP contribution >= 0.6 is 0 Å². The summed E-state index contributed by atoms with van der Waals surface area (Å²) in [5.74, 6) is -2.20. The third kappa shape index (κ3) is 3.37. The number of phenols is 2. The molecular weight excluding hydrogens is 250 g/mol. The number of benzene rings is 1. The van der Waals surface area contributed by atoms with Gasteiger partial charge in [-0.3, -0.25) is 9.59 Å². The van der Waals surface area contributed by atoms with E-state index in [2.05, 4.69) is 5.32 Å². The molecule has 0 saturated carbocycles. The van der Waals surface area contributed by atoms with Crippen molar-refractivity contribution in [1.29, 1.82) is 0 Å². The minimum atomic E-state index is -1.03. The molecule has 1 aromatic rings. The fraction of sp³-hybridized carbons (Fsp3) is 0.385. The first-order chi connectivity index (χ1) is 8.80. The second-order valence-electron chi connectivity index (χ2n) is 4.61. The lowest BCUT2D eigenvalue weighted by Gasteiger charge is -2.23. The Morgan fingerprint density at radius 2 is 1.89 bits per heavy atom. The summed E-state index contributed by atoms with van der Waals surface area (Å²) < 4.78 is 0. The molecule has 0 fully saturated rings. The van der Waals surface area contributed by atoms with E-state index in [4.69, 9.17) is 10.2 Å². The Morgan fingerprint density at radius 1 is 1.26 bits per heavy atom. The molecule has 6 nitrogen and oxygen atoms in total. The Kier molecular flexibility index (Phi) is 4.37. The maximum absolute atomic E-state index is 11.8. The molecule has 1 atom stereocenters. The maximum Gasteiger partial charge on any atom is 0.311 e. The number of hydrogen-bond acceptors (Lipinski definition) is 4. The molecule has 0 bridgehead atoms. The first kappa shape index (κ1) is 14.8. The predicted octanol–water partition coefficient (Wildman–Crippen LogP) is 1.33. The fourth-order valence-corrected chi connectivity index (χ4v) is 1.39. The molecule has 0 saturated heterocycles. The van der Waals surface area contributed by atoms with E-state index in [1.165, 1.54) is 12.1 Å². The molecule has 1 rings (SSSR count). The molecule has 0 heterocycles. The molecule has 0 spiro atoms. The highest BCUT2D eigenvalue weighted by atomic mass is 16.4. The van der Waals surface area contributed by atoms with Gasteiger partial charge in [0.15, 0.2) is 11.5 Å². The zero-order chi connectivity index (χ0) is 14.6. The average molecular weight is 267 g/mol. The fourth-order valence-electron chi connectivity index (χ4n) is 1.39. The normalized spacial score (nSPS) is 13.6. The number of carbonyl (C=O) groups is 2. The van der Waals surface area contributed by atoms with Crippen LogP contribution < -0.4 is 5.32 Å². The minimum absolute atomic E-state index is 0.0146. The van der Waals surface area contributed by atoms with E-state index in [0.29, 0.717) is 6.42 Å². The first-order valence-electron chi connectivity index (χ1n) is 5.83. The molecule has 0 aliphatic heterocycles. The zero-order valence-corrected chi connectivity index (χ0v) is 10.8. The van der Waals surface area contributed by atoms with Crippen LogP contribution in [0.4, 0.5) is 0 Å². The highest BCUT2D eigenvalue weighted by molar-refractivity contribution is 5.95. The number of rotatable bonds is 5. The number of hydrogen-bond donors (Lipinski definition) is 4. The molecule has 6 heteroatoms.